The number of aryl methyl sites for hydroxylation is 1. The zero-order chi connectivity index (χ0) is 18.2. The second-order valence-corrected chi connectivity index (χ2v) is 6.70. The van der Waals surface area contributed by atoms with Crippen molar-refractivity contribution in [1.29, 1.82) is 0 Å². The van der Waals surface area contributed by atoms with Gasteiger partial charge >= 0.3 is 6.01 Å². The average Bonchev–Trinajstić information content (AvgIpc) is 3.43. The van der Waals surface area contributed by atoms with Crippen molar-refractivity contribution in [1.82, 2.24) is 30.3 Å². The predicted molar refractivity (Wildman–Crippen MR) is 100 cm³/mol. The van der Waals surface area contributed by atoms with Gasteiger partial charge in [-0.15, -0.1) is 0 Å². The number of benzene rings is 1. The van der Waals surface area contributed by atoms with Crippen LogP contribution >= 0.6 is 0 Å². The Balaban J connectivity index is 1.30. The molecule has 27 heavy (non-hydrogen) atoms. The Labute approximate surface area is 154 Å². The zero-order valence-corrected chi connectivity index (χ0v) is 14.8. The Morgan fingerprint density at radius 1 is 1.22 bits per heavy atom. The number of hydrogen-bond donors (Lipinski definition) is 2. The molecule has 9 heteroatoms. The Hall–Kier alpha value is -3.49. The van der Waals surface area contributed by atoms with E-state index < -0.39 is 0 Å². The minimum absolute atomic E-state index is 0.229. The molecule has 3 aromatic heterocycles. The average molecular weight is 362 g/mol. The third-order valence-electron chi connectivity index (χ3n) is 4.77. The number of nitrogens with zero attached hydrogens (tertiary/aromatic N) is 6. The first-order chi connectivity index (χ1) is 13.3. The lowest BCUT2D eigenvalue weighted by atomic mass is 10.1. The fourth-order valence-corrected chi connectivity index (χ4v) is 3.29. The van der Waals surface area contributed by atoms with Crippen molar-refractivity contribution in [3.05, 3.63) is 42.4 Å². The summed E-state index contributed by atoms with van der Waals surface area (Å²) in [5, 5.41) is 15.4. The molecular formula is C18H18N8O. The van der Waals surface area contributed by atoms with Crippen LogP contribution in [0.1, 0.15) is 12.0 Å². The van der Waals surface area contributed by atoms with E-state index in [9.17, 15) is 0 Å². The molecule has 0 spiro atoms. The molecule has 1 saturated heterocycles. The van der Waals surface area contributed by atoms with Gasteiger partial charge in [-0.3, -0.25) is 5.10 Å². The minimum Gasteiger partial charge on any atom is -0.365 e. The van der Waals surface area contributed by atoms with E-state index in [1.54, 1.807) is 6.20 Å². The molecule has 2 N–H and O–H groups in total. The lowest BCUT2D eigenvalue weighted by Gasteiger charge is -2.15. The molecule has 0 radical (unpaired) electrons. The Kier molecular flexibility index (Phi) is 3.70. The van der Waals surface area contributed by atoms with E-state index in [1.807, 2.05) is 24.3 Å². The summed E-state index contributed by atoms with van der Waals surface area (Å²) in [6.45, 7) is 3.66. The summed E-state index contributed by atoms with van der Waals surface area (Å²) in [6, 6.07) is 8.87. The van der Waals surface area contributed by atoms with Gasteiger partial charge in [-0.2, -0.15) is 10.1 Å². The SMILES string of the molecule is Cc1ccc(-c2noc(N3CC[C@H](Nc4ncnc5[nH]ncc45)C3)n2)cc1. The summed E-state index contributed by atoms with van der Waals surface area (Å²) in [5.41, 5.74) is 2.88. The van der Waals surface area contributed by atoms with Crippen LogP contribution in [0.3, 0.4) is 0 Å². The number of aromatic nitrogens is 6. The molecule has 9 nitrogen and oxygen atoms in total. The molecular weight excluding hydrogens is 344 g/mol. The molecule has 5 rings (SSSR count). The van der Waals surface area contributed by atoms with Gasteiger partial charge < -0.3 is 14.7 Å². The quantitative estimate of drug-likeness (QED) is 0.570. The maximum Gasteiger partial charge on any atom is 0.324 e. The number of fused-ring (bicyclic) bond motifs is 1. The first-order valence-corrected chi connectivity index (χ1v) is 8.82. The molecule has 0 saturated carbocycles. The Bertz CT molecular complexity index is 1070. The van der Waals surface area contributed by atoms with Gasteiger partial charge in [0.25, 0.3) is 0 Å². The van der Waals surface area contributed by atoms with Gasteiger partial charge in [-0.25, -0.2) is 9.97 Å². The molecule has 0 amide bonds. The molecule has 136 valence electrons. The van der Waals surface area contributed by atoms with Gasteiger partial charge in [-0.1, -0.05) is 35.0 Å². The molecule has 4 heterocycles. The van der Waals surface area contributed by atoms with Crippen LogP contribution in [0.25, 0.3) is 22.4 Å². The maximum absolute atomic E-state index is 5.49. The second kappa shape index (κ2) is 6.35. The summed E-state index contributed by atoms with van der Waals surface area (Å²) in [4.78, 5) is 15.2. The van der Waals surface area contributed by atoms with E-state index in [0.717, 1.165) is 41.9 Å². The smallest absolute Gasteiger partial charge is 0.324 e. The molecule has 1 aliphatic rings. The third-order valence-corrected chi connectivity index (χ3v) is 4.77. The Morgan fingerprint density at radius 2 is 2.11 bits per heavy atom. The van der Waals surface area contributed by atoms with Gasteiger partial charge in [0, 0.05) is 24.7 Å². The lowest BCUT2D eigenvalue weighted by Crippen LogP contribution is -2.26. The second-order valence-electron chi connectivity index (χ2n) is 6.70. The first-order valence-electron chi connectivity index (χ1n) is 8.82. The van der Waals surface area contributed by atoms with Gasteiger partial charge in [0.15, 0.2) is 5.65 Å². The van der Waals surface area contributed by atoms with E-state index in [1.165, 1.54) is 11.9 Å². The number of aromatic amines is 1. The summed E-state index contributed by atoms with van der Waals surface area (Å²) in [7, 11) is 0. The molecule has 1 aromatic carbocycles. The maximum atomic E-state index is 5.49. The number of H-pyrrole nitrogens is 1. The van der Waals surface area contributed by atoms with E-state index in [4.69, 9.17) is 4.52 Å². The summed E-state index contributed by atoms with van der Waals surface area (Å²) in [6.07, 6.45) is 4.21. The predicted octanol–water partition coefficient (Wildman–Crippen LogP) is 2.40. The van der Waals surface area contributed by atoms with Crippen LogP contribution in [0.2, 0.25) is 0 Å². The number of anilines is 2. The highest BCUT2D eigenvalue weighted by Gasteiger charge is 2.27. The fourth-order valence-electron chi connectivity index (χ4n) is 3.29. The lowest BCUT2D eigenvalue weighted by molar-refractivity contribution is 0.419. The van der Waals surface area contributed by atoms with Gasteiger partial charge in [0.1, 0.15) is 12.1 Å². The van der Waals surface area contributed by atoms with Gasteiger partial charge in [0.05, 0.1) is 11.6 Å². The number of rotatable bonds is 4. The van der Waals surface area contributed by atoms with Gasteiger partial charge in [0.2, 0.25) is 5.82 Å². The van der Waals surface area contributed by atoms with Crippen LogP contribution in [0.4, 0.5) is 11.8 Å². The highest BCUT2D eigenvalue weighted by molar-refractivity contribution is 5.85. The van der Waals surface area contributed by atoms with Crippen LogP contribution < -0.4 is 10.2 Å². The van der Waals surface area contributed by atoms with Crippen LogP contribution in [0.15, 0.2) is 41.3 Å². The van der Waals surface area contributed by atoms with Crippen LogP contribution in [-0.2, 0) is 0 Å². The van der Waals surface area contributed by atoms with Crippen molar-refractivity contribution in [2.75, 3.05) is 23.3 Å². The van der Waals surface area contributed by atoms with Crippen molar-refractivity contribution in [2.45, 2.75) is 19.4 Å². The summed E-state index contributed by atoms with van der Waals surface area (Å²) < 4.78 is 5.49. The fraction of sp³-hybridized carbons (Fsp3) is 0.278. The van der Waals surface area contributed by atoms with Crippen molar-refractivity contribution >= 4 is 22.9 Å². The van der Waals surface area contributed by atoms with Crippen LogP contribution in [0, 0.1) is 6.92 Å². The highest BCUT2D eigenvalue weighted by Crippen LogP contribution is 2.25. The molecule has 0 aliphatic carbocycles. The van der Waals surface area contributed by atoms with E-state index in [-0.39, 0.29) is 6.04 Å². The van der Waals surface area contributed by atoms with Crippen LogP contribution in [-0.4, -0.2) is 49.4 Å². The van der Waals surface area contributed by atoms with E-state index in [2.05, 4.69) is 47.4 Å². The molecule has 4 aromatic rings. The van der Waals surface area contributed by atoms with Crippen molar-refractivity contribution < 1.29 is 4.52 Å². The van der Waals surface area contributed by atoms with Gasteiger partial charge in [-0.05, 0) is 13.3 Å². The van der Waals surface area contributed by atoms with Crippen molar-refractivity contribution in [3.8, 4) is 11.4 Å². The Morgan fingerprint density at radius 3 is 3.00 bits per heavy atom. The molecule has 1 fully saturated rings. The van der Waals surface area contributed by atoms with E-state index in [0.29, 0.717) is 11.8 Å². The zero-order valence-electron chi connectivity index (χ0n) is 14.8. The first kappa shape index (κ1) is 15.7. The summed E-state index contributed by atoms with van der Waals surface area (Å²) >= 11 is 0. The largest absolute Gasteiger partial charge is 0.365 e. The molecule has 0 bridgehead atoms. The third kappa shape index (κ3) is 2.97. The number of nitrogens with one attached hydrogen (secondary N) is 2. The molecule has 1 atom stereocenters. The molecule has 0 unspecified atom stereocenters. The van der Waals surface area contributed by atoms with Crippen molar-refractivity contribution in [2.24, 2.45) is 0 Å². The normalized spacial score (nSPS) is 16.9. The topological polar surface area (TPSA) is 109 Å². The summed E-state index contributed by atoms with van der Waals surface area (Å²) in [5.74, 6) is 1.39. The number of hydrogen-bond acceptors (Lipinski definition) is 8. The minimum atomic E-state index is 0.229. The van der Waals surface area contributed by atoms with Crippen LogP contribution in [0.5, 0.6) is 0 Å². The molecule has 1 aliphatic heterocycles. The van der Waals surface area contributed by atoms with E-state index >= 15 is 0 Å². The standard InChI is InChI=1S/C18H18N8O/c1-11-2-4-12(5-3-11)15-23-18(27-25-15)26-7-6-13(9-26)22-16-14-8-21-24-17(14)20-10-19-16/h2-5,8,10,13H,6-7,9H2,1H3,(H2,19,20,21,22,24)/t13-/m0/s1. The monoisotopic (exact) mass is 362 g/mol. The van der Waals surface area contributed by atoms with Crippen molar-refractivity contribution in [3.63, 3.8) is 0 Å². The highest BCUT2D eigenvalue weighted by atomic mass is 16.5.